The van der Waals surface area contributed by atoms with Crippen LogP contribution in [0.5, 0.6) is 0 Å². The number of hydrogen-bond acceptors (Lipinski definition) is 4. The molecule has 0 aliphatic carbocycles. The van der Waals surface area contributed by atoms with E-state index in [2.05, 4.69) is 9.97 Å². The van der Waals surface area contributed by atoms with E-state index in [1.54, 1.807) is 6.20 Å². The Balaban J connectivity index is 1.56. The van der Waals surface area contributed by atoms with Crippen molar-refractivity contribution in [3.63, 3.8) is 0 Å². The molecule has 0 aliphatic heterocycles. The van der Waals surface area contributed by atoms with Crippen molar-refractivity contribution in [2.75, 3.05) is 0 Å². The highest BCUT2D eigenvalue weighted by molar-refractivity contribution is 7.22. The lowest BCUT2D eigenvalue weighted by Crippen LogP contribution is -2.24. The van der Waals surface area contributed by atoms with Crippen LogP contribution in [-0.4, -0.2) is 20.3 Å². The number of rotatable bonds is 4. The van der Waals surface area contributed by atoms with Gasteiger partial charge in [0.25, 0.3) is 5.56 Å². The predicted octanol–water partition coefficient (Wildman–Crippen LogP) is 4.80. The first-order valence-electron chi connectivity index (χ1n) is 9.27. The Hall–Kier alpha value is -3.51. The molecule has 0 unspecified atom stereocenters. The van der Waals surface area contributed by atoms with E-state index in [0.717, 1.165) is 26.9 Å². The fourth-order valence-electron chi connectivity index (χ4n) is 3.68. The van der Waals surface area contributed by atoms with Crippen LogP contribution in [0.15, 0.2) is 71.9 Å². The zero-order chi connectivity index (χ0) is 20.0. The number of nitrogens with zero attached hydrogens (tertiary/aromatic N) is 2. The van der Waals surface area contributed by atoms with Crippen molar-refractivity contribution in [2.45, 2.75) is 13.5 Å². The summed E-state index contributed by atoms with van der Waals surface area (Å²) in [5.74, 6) is -0.123. The quantitative estimate of drug-likeness (QED) is 0.442. The Bertz CT molecular complexity index is 1430. The molecule has 5 rings (SSSR count). The highest BCUT2D eigenvalue weighted by Gasteiger charge is 2.18. The third-order valence-corrected chi connectivity index (χ3v) is 6.41. The molecule has 0 atom stereocenters. The van der Waals surface area contributed by atoms with E-state index in [0.29, 0.717) is 15.8 Å². The van der Waals surface area contributed by atoms with Crippen LogP contribution in [0.4, 0.5) is 0 Å². The molecule has 0 bridgehead atoms. The van der Waals surface area contributed by atoms with E-state index in [1.807, 2.05) is 61.5 Å². The molecular formula is C23H17N3O2S. The van der Waals surface area contributed by atoms with Crippen LogP contribution in [0.25, 0.3) is 31.6 Å². The van der Waals surface area contributed by atoms with Gasteiger partial charge in [0.05, 0.1) is 18.3 Å². The fraction of sp³-hybridized carbons (Fsp3) is 0.0870. The van der Waals surface area contributed by atoms with Crippen molar-refractivity contribution in [2.24, 2.45) is 0 Å². The Morgan fingerprint density at radius 1 is 1.10 bits per heavy atom. The summed E-state index contributed by atoms with van der Waals surface area (Å²) in [6.45, 7) is 1.90. The molecule has 0 aliphatic rings. The van der Waals surface area contributed by atoms with E-state index in [-0.39, 0.29) is 17.9 Å². The monoisotopic (exact) mass is 399 g/mol. The van der Waals surface area contributed by atoms with E-state index >= 15 is 0 Å². The molecule has 0 spiro atoms. The first-order valence-corrected chi connectivity index (χ1v) is 10.1. The van der Waals surface area contributed by atoms with Gasteiger partial charge in [0, 0.05) is 27.5 Å². The lowest BCUT2D eigenvalue weighted by molar-refractivity contribution is 0.0972. The molecule has 5 nitrogen and oxygen atoms in total. The first-order chi connectivity index (χ1) is 14.1. The average molecular weight is 399 g/mol. The third kappa shape index (κ3) is 2.89. The second-order valence-corrected chi connectivity index (χ2v) is 7.95. The first kappa shape index (κ1) is 17.6. The number of para-hydroxylation sites is 1. The smallest absolute Gasteiger partial charge is 0.262 e. The number of benzene rings is 2. The molecule has 0 saturated heterocycles. The number of aryl methyl sites for hydroxylation is 1. The summed E-state index contributed by atoms with van der Waals surface area (Å²) in [7, 11) is 0. The molecule has 3 heterocycles. The van der Waals surface area contributed by atoms with Gasteiger partial charge in [-0.05, 0) is 24.1 Å². The number of fused-ring (bicyclic) bond motifs is 2. The normalized spacial score (nSPS) is 11.3. The number of H-pyrrole nitrogens is 1. The number of ketones is 1. The van der Waals surface area contributed by atoms with E-state index in [1.165, 1.54) is 22.2 Å². The summed E-state index contributed by atoms with van der Waals surface area (Å²) in [5.41, 5.74) is 3.27. The van der Waals surface area contributed by atoms with Gasteiger partial charge in [0.15, 0.2) is 5.78 Å². The standard InChI is InChI=1S/C23H17N3O2S/c1-14-20-22(29-21(14)15-7-3-2-4-8-15)25-13-26(23(20)28)12-19(27)17-11-24-18-10-6-5-9-16(17)18/h2-11,13,24H,12H2,1H3. The minimum absolute atomic E-state index is 0.0421. The number of carbonyl (C=O) groups excluding carboxylic acids is 1. The van der Waals surface area contributed by atoms with Crippen LogP contribution in [0, 0.1) is 6.92 Å². The molecule has 2 aromatic carbocycles. The SMILES string of the molecule is Cc1c(-c2ccccc2)sc2ncn(CC(=O)c3c[nH]c4ccccc34)c(=O)c12. The molecule has 0 amide bonds. The maximum atomic E-state index is 13.1. The van der Waals surface area contributed by atoms with Crippen LogP contribution in [-0.2, 0) is 6.54 Å². The molecule has 0 saturated carbocycles. The number of aromatic nitrogens is 3. The Morgan fingerprint density at radius 3 is 2.69 bits per heavy atom. The van der Waals surface area contributed by atoms with Crippen molar-refractivity contribution in [3.05, 3.63) is 88.6 Å². The van der Waals surface area contributed by atoms with Gasteiger partial charge in [0.2, 0.25) is 0 Å². The molecule has 1 N–H and O–H groups in total. The zero-order valence-corrected chi connectivity index (χ0v) is 16.5. The lowest BCUT2D eigenvalue weighted by Gasteiger charge is -2.04. The molecule has 6 heteroatoms. The Kier molecular flexibility index (Phi) is 4.14. The molecule has 5 aromatic rings. The van der Waals surface area contributed by atoms with Gasteiger partial charge in [-0.2, -0.15) is 0 Å². The van der Waals surface area contributed by atoms with Crippen molar-refractivity contribution >= 4 is 38.2 Å². The number of aromatic amines is 1. The number of nitrogens with one attached hydrogen (secondary N) is 1. The minimum atomic E-state index is -0.181. The van der Waals surface area contributed by atoms with Crippen molar-refractivity contribution in [3.8, 4) is 10.4 Å². The molecule has 0 radical (unpaired) electrons. The summed E-state index contributed by atoms with van der Waals surface area (Å²) in [6, 6.07) is 17.6. The molecule has 3 aromatic heterocycles. The minimum Gasteiger partial charge on any atom is -0.360 e. The van der Waals surface area contributed by atoms with Crippen LogP contribution < -0.4 is 5.56 Å². The van der Waals surface area contributed by atoms with Crippen molar-refractivity contribution in [1.29, 1.82) is 0 Å². The zero-order valence-electron chi connectivity index (χ0n) is 15.7. The van der Waals surface area contributed by atoms with Gasteiger partial charge in [-0.1, -0.05) is 48.5 Å². The molecular weight excluding hydrogens is 382 g/mol. The highest BCUT2D eigenvalue weighted by atomic mass is 32.1. The van der Waals surface area contributed by atoms with E-state index in [9.17, 15) is 9.59 Å². The second-order valence-electron chi connectivity index (χ2n) is 6.95. The van der Waals surface area contributed by atoms with Crippen molar-refractivity contribution < 1.29 is 4.79 Å². The largest absolute Gasteiger partial charge is 0.360 e. The van der Waals surface area contributed by atoms with Crippen molar-refractivity contribution in [1.82, 2.24) is 14.5 Å². The predicted molar refractivity (Wildman–Crippen MR) is 117 cm³/mol. The van der Waals surface area contributed by atoms with Crippen LogP contribution in [0.2, 0.25) is 0 Å². The molecule has 29 heavy (non-hydrogen) atoms. The summed E-state index contributed by atoms with van der Waals surface area (Å²) in [6.07, 6.45) is 3.18. The number of thiophene rings is 1. The lowest BCUT2D eigenvalue weighted by atomic mass is 10.1. The van der Waals surface area contributed by atoms with E-state index in [4.69, 9.17) is 0 Å². The van der Waals surface area contributed by atoms with Crippen LogP contribution >= 0.6 is 11.3 Å². The molecule has 0 fully saturated rings. The van der Waals surface area contributed by atoms with Crippen LogP contribution in [0.3, 0.4) is 0 Å². The van der Waals surface area contributed by atoms with E-state index < -0.39 is 0 Å². The van der Waals surface area contributed by atoms with Gasteiger partial charge in [0.1, 0.15) is 4.83 Å². The van der Waals surface area contributed by atoms with Crippen LogP contribution in [0.1, 0.15) is 15.9 Å². The second kappa shape index (κ2) is 6.83. The number of hydrogen-bond donors (Lipinski definition) is 1. The summed E-state index contributed by atoms with van der Waals surface area (Å²) in [4.78, 5) is 35.3. The topological polar surface area (TPSA) is 67.8 Å². The van der Waals surface area contributed by atoms with Gasteiger partial charge in [-0.25, -0.2) is 4.98 Å². The van der Waals surface area contributed by atoms with Gasteiger partial charge >= 0.3 is 0 Å². The fourth-order valence-corrected chi connectivity index (χ4v) is 4.82. The Labute approximate surface area is 170 Å². The number of carbonyl (C=O) groups is 1. The summed E-state index contributed by atoms with van der Waals surface area (Å²) in [5, 5.41) is 1.45. The van der Waals surface area contributed by atoms with Gasteiger partial charge in [-0.3, -0.25) is 14.2 Å². The van der Waals surface area contributed by atoms with Gasteiger partial charge < -0.3 is 4.98 Å². The Morgan fingerprint density at radius 2 is 1.86 bits per heavy atom. The van der Waals surface area contributed by atoms with Gasteiger partial charge in [-0.15, -0.1) is 11.3 Å². The maximum absolute atomic E-state index is 13.1. The number of Topliss-reactive ketones (excluding diaryl/α,β-unsaturated/α-hetero) is 1. The summed E-state index contributed by atoms with van der Waals surface area (Å²) < 4.78 is 1.40. The third-order valence-electron chi connectivity index (χ3n) is 5.16. The highest BCUT2D eigenvalue weighted by Crippen LogP contribution is 2.35. The summed E-state index contributed by atoms with van der Waals surface area (Å²) >= 11 is 1.50. The molecule has 142 valence electrons. The average Bonchev–Trinajstić information content (AvgIpc) is 3.32. The maximum Gasteiger partial charge on any atom is 0.262 e.